The highest BCUT2D eigenvalue weighted by Gasteiger charge is 2.36. The second kappa shape index (κ2) is 21.8. The Hall–Kier alpha value is -4.59. The molecule has 328 valence electrons. The molecule has 1 unspecified atom stereocenters. The van der Waals surface area contributed by atoms with Crippen molar-refractivity contribution in [2.75, 3.05) is 24.2 Å². The Balaban J connectivity index is 1.75. The number of anilines is 1. The van der Waals surface area contributed by atoms with Crippen molar-refractivity contribution in [3.05, 3.63) is 102 Å². The van der Waals surface area contributed by atoms with Crippen LogP contribution in [-0.4, -0.2) is 81.0 Å². The van der Waals surface area contributed by atoms with Crippen molar-refractivity contribution in [3.8, 4) is 0 Å². The smallest absolute Gasteiger partial charge is 0.294 e. The van der Waals surface area contributed by atoms with Crippen molar-refractivity contribution in [1.29, 1.82) is 0 Å². The lowest BCUT2D eigenvalue weighted by Crippen LogP contribution is -2.33. The summed E-state index contributed by atoms with van der Waals surface area (Å²) < 4.78 is 98.8. The van der Waals surface area contributed by atoms with Gasteiger partial charge in [0.25, 0.3) is 30.4 Å². The average Bonchev–Trinajstić information content (AvgIpc) is 3.48. The van der Waals surface area contributed by atoms with Crippen LogP contribution in [0.4, 0.5) is 5.69 Å². The van der Waals surface area contributed by atoms with Gasteiger partial charge in [-0.1, -0.05) is 75.6 Å². The number of amides is 1. The van der Waals surface area contributed by atoms with Crippen LogP contribution in [0.5, 0.6) is 0 Å². The van der Waals surface area contributed by atoms with Gasteiger partial charge in [0, 0.05) is 30.6 Å². The first-order valence-electron chi connectivity index (χ1n) is 19.4. The fraction of sp³-hybridized carbons (Fsp3) is 0.429. The van der Waals surface area contributed by atoms with Gasteiger partial charge in [0.1, 0.15) is 0 Å². The van der Waals surface area contributed by atoms with E-state index in [9.17, 15) is 53.5 Å². The molecule has 2 aromatic carbocycles. The summed E-state index contributed by atoms with van der Waals surface area (Å²) >= 11 is 0. The van der Waals surface area contributed by atoms with Gasteiger partial charge in [-0.15, -0.1) is 0 Å². The molecule has 0 aliphatic heterocycles. The van der Waals surface area contributed by atoms with E-state index in [1.807, 2.05) is 13.8 Å². The van der Waals surface area contributed by atoms with Crippen molar-refractivity contribution in [3.63, 3.8) is 0 Å². The number of carbonyl (C=O) groups is 4. The Morgan fingerprint density at radius 2 is 1.38 bits per heavy atom. The van der Waals surface area contributed by atoms with E-state index in [0.29, 0.717) is 56.3 Å². The number of carbonyl (C=O) groups excluding carboxylic acids is 4. The fourth-order valence-electron chi connectivity index (χ4n) is 6.62. The maximum atomic E-state index is 14.1. The predicted octanol–water partition coefficient (Wildman–Crippen LogP) is 5.90. The summed E-state index contributed by atoms with van der Waals surface area (Å²) in [6, 6.07) is 9.60. The molecule has 1 amide bonds. The van der Waals surface area contributed by atoms with E-state index in [1.54, 1.807) is 37.3 Å². The van der Waals surface area contributed by atoms with E-state index in [2.05, 4.69) is 10.6 Å². The molecule has 0 radical (unpaired) electrons. The first kappa shape index (κ1) is 49.8. The van der Waals surface area contributed by atoms with Gasteiger partial charge in [-0.3, -0.25) is 32.8 Å². The van der Waals surface area contributed by atoms with Gasteiger partial charge >= 0.3 is 0 Å². The molecule has 18 heteroatoms. The van der Waals surface area contributed by atoms with E-state index in [0.717, 1.165) is 6.07 Å². The van der Waals surface area contributed by atoms with E-state index in [1.165, 1.54) is 54.6 Å². The van der Waals surface area contributed by atoms with Crippen molar-refractivity contribution in [2.45, 2.75) is 99.2 Å². The van der Waals surface area contributed by atoms with Crippen LogP contribution in [0.3, 0.4) is 0 Å². The van der Waals surface area contributed by atoms with Gasteiger partial charge in [0.15, 0.2) is 17.3 Å². The molecule has 1 aliphatic rings. The molecule has 15 nitrogen and oxygen atoms in total. The molecule has 0 bridgehead atoms. The first-order valence-corrected chi connectivity index (χ1v) is 23.9. The van der Waals surface area contributed by atoms with Crippen LogP contribution in [0, 0.1) is 5.92 Å². The minimum Gasteiger partial charge on any atom is -0.385 e. The van der Waals surface area contributed by atoms with Gasteiger partial charge in [-0.05, 0) is 98.7 Å². The zero-order chi connectivity index (χ0) is 44.8. The maximum absolute atomic E-state index is 14.1. The number of rotatable bonds is 25. The van der Waals surface area contributed by atoms with Crippen LogP contribution in [0.25, 0.3) is 0 Å². The summed E-state index contributed by atoms with van der Waals surface area (Å²) in [4.78, 5) is 49.4. The summed E-state index contributed by atoms with van der Waals surface area (Å²) in [5, 5.41) is 5.86. The van der Waals surface area contributed by atoms with Gasteiger partial charge in [-0.25, -0.2) is 0 Å². The summed E-state index contributed by atoms with van der Waals surface area (Å²) in [6.45, 7) is 5.73. The van der Waals surface area contributed by atoms with Crippen LogP contribution >= 0.6 is 0 Å². The van der Waals surface area contributed by atoms with Crippen LogP contribution < -0.4 is 10.6 Å². The molecule has 0 saturated heterocycles. The van der Waals surface area contributed by atoms with Crippen LogP contribution in [-0.2, 0) is 60.4 Å². The lowest BCUT2D eigenvalue weighted by atomic mass is 9.73. The van der Waals surface area contributed by atoms with Crippen molar-refractivity contribution >= 4 is 59.3 Å². The third-order valence-corrected chi connectivity index (χ3v) is 12.7. The second-order valence-corrected chi connectivity index (χ2v) is 19.8. The molecule has 0 fully saturated rings. The van der Waals surface area contributed by atoms with Crippen molar-refractivity contribution in [1.82, 2.24) is 5.32 Å². The van der Waals surface area contributed by atoms with Crippen LogP contribution in [0.1, 0.15) is 89.7 Å². The Morgan fingerprint density at radius 1 is 0.733 bits per heavy atom. The largest absolute Gasteiger partial charge is 0.385 e. The van der Waals surface area contributed by atoms with E-state index in [-0.39, 0.29) is 53.7 Å². The second-order valence-electron chi connectivity index (χ2n) is 15.4. The molecule has 0 saturated carbocycles. The summed E-state index contributed by atoms with van der Waals surface area (Å²) in [6.07, 6.45) is 15.5. The number of hydrogen-bond acceptors (Lipinski definition) is 11. The number of hydrogen-bond donors (Lipinski definition) is 5. The maximum Gasteiger partial charge on any atom is 0.294 e. The molecule has 0 heterocycles. The third-order valence-electron chi connectivity index (χ3n) is 10.2. The van der Waals surface area contributed by atoms with E-state index >= 15 is 0 Å². The van der Waals surface area contributed by atoms with Crippen LogP contribution in [0.15, 0.2) is 101 Å². The lowest BCUT2D eigenvalue weighted by molar-refractivity contribution is -0.126. The summed E-state index contributed by atoms with van der Waals surface area (Å²) in [5.74, 6) is -2.17. The molecular formula is C42H54N2O13S3. The van der Waals surface area contributed by atoms with Crippen LogP contribution in [0.2, 0.25) is 0 Å². The number of allylic oxidation sites excluding steroid dienone is 8. The number of benzene rings is 2. The lowest BCUT2D eigenvalue weighted by Gasteiger charge is -2.30. The fourth-order valence-corrected chi connectivity index (χ4v) is 8.16. The SMILES string of the molecule is CC(C)(C=C/C=C/C=C/C(=O)C(C)(CCCCCC(=O)NCCCCC1C(=O)C=CC1=O)c1cc(S(=O)(=O)O)ccc1NCCCS(=O)(=O)O)c1cccc(S(=O)(=O)O)c1. The minimum absolute atomic E-state index is 0.0105. The highest BCUT2D eigenvalue weighted by Crippen LogP contribution is 2.38. The minimum atomic E-state index is -4.71. The summed E-state index contributed by atoms with van der Waals surface area (Å²) in [7, 11) is -13.4. The molecule has 0 aromatic heterocycles. The monoisotopic (exact) mass is 890 g/mol. The van der Waals surface area contributed by atoms with Gasteiger partial charge < -0.3 is 10.6 Å². The molecule has 5 N–H and O–H groups in total. The molecule has 0 spiro atoms. The topological polar surface area (TPSA) is 255 Å². The standard InChI is InChI=1S/C42H54N2O13S3/c1-41(2,31-15-13-16-32(29-31)59(52,53)54)24-10-5-4-7-18-39(47)42(3,35-30-33(60(55,56)57)20-21-36(35)43-27-14-28-58(49,50)51)25-11-6-8-19-40(48)44-26-12-9-17-34-37(45)22-23-38(34)46/h4-5,7,10,13,15-16,18,20-24,29-30,34,43H,6,8-9,11-12,14,17,19,25-28H2,1-3H3,(H,44,48)(H,49,50,51)(H,52,53,54)(H,55,56,57)/b5-4+,18-7+,24-10?. The molecule has 2 aromatic rings. The predicted molar refractivity (Wildman–Crippen MR) is 227 cm³/mol. The van der Waals surface area contributed by atoms with Gasteiger partial charge in [0.05, 0.1) is 26.9 Å². The summed E-state index contributed by atoms with van der Waals surface area (Å²) in [5.41, 5.74) is -0.901. The van der Waals surface area contributed by atoms with Crippen molar-refractivity contribution < 1.29 is 58.1 Å². The normalized spacial score (nSPS) is 15.4. The quantitative estimate of drug-likeness (QED) is 0.0256. The number of unbranched alkanes of at least 4 members (excludes halogenated alkanes) is 3. The van der Waals surface area contributed by atoms with E-state index < -0.39 is 63.5 Å². The zero-order valence-corrected chi connectivity index (χ0v) is 36.3. The molecule has 1 aliphatic carbocycles. The van der Waals surface area contributed by atoms with Gasteiger partial charge in [0.2, 0.25) is 5.91 Å². The third kappa shape index (κ3) is 15.8. The highest BCUT2D eigenvalue weighted by atomic mass is 32.2. The Morgan fingerprint density at radius 3 is 2.03 bits per heavy atom. The Labute approximate surface area is 352 Å². The first-order chi connectivity index (χ1) is 27.9. The molecular weight excluding hydrogens is 837 g/mol. The van der Waals surface area contributed by atoms with E-state index in [4.69, 9.17) is 4.55 Å². The van der Waals surface area contributed by atoms with Gasteiger partial charge in [-0.2, -0.15) is 25.3 Å². The average molecular weight is 891 g/mol. The number of nitrogens with one attached hydrogen (secondary N) is 2. The Kier molecular flexibility index (Phi) is 18.1. The van der Waals surface area contributed by atoms with Crippen molar-refractivity contribution in [2.24, 2.45) is 5.92 Å². The highest BCUT2D eigenvalue weighted by molar-refractivity contribution is 7.86. The molecule has 3 rings (SSSR count). The zero-order valence-electron chi connectivity index (χ0n) is 33.9. The number of ketones is 3. The molecule has 1 atom stereocenters. The molecule has 60 heavy (non-hydrogen) atoms. The Bertz CT molecular complexity index is 2330.